The first kappa shape index (κ1) is 37.2. The van der Waals surface area contributed by atoms with E-state index in [9.17, 15) is 0 Å². The average molecular weight is 861 g/mol. The Balaban J connectivity index is 0.994. The largest absolute Gasteiger partial charge is 0.310 e. The normalized spacial score (nSPS) is 13.1. The molecular weight excluding hydrogens is 821 g/mol. The SMILES string of the molecule is C1=CC(n2c3ccccc3c3cc(-c4ccc(-c5ccc6c(c5)c5ccccc5n6-c5ccccc5)c5sc(-c6ccc7c(c6)c6ccccc6n7-c6ccccc6)nc45)ccc32)=CCC1. The molecular formula is C61H40N4S. The maximum Gasteiger partial charge on any atom is 0.124 e. The molecule has 13 aromatic rings. The summed E-state index contributed by atoms with van der Waals surface area (Å²) >= 11 is 1.80. The molecule has 1 aliphatic carbocycles. The summed E-state index contributed by atoms with van der Waals surface area (Å²) in [5.74, 6) is 0. The van der Waals surface area contributed by atoms with E-state index in [4.69, 9.17) is 4.98 Å². The molecule has 0 spiro atoms. The zero-order valence-corrected chi connectivity index (χ0v) is 36.7. The van der Waals surface area contributed by atoms with Crippen LogP contribution in [0.3, 0.4) is 0 Å². The van der Waals surface area contributed by atoms with Crippen LogP contribution in [0.15, 0.2) is 218 Å². The molecule has 0 aliphatic heterocycles. The molecule has 66 heavy (non-hydrogen) atoms. The molecule has 0 atom stereocenters. The molecule has 1 aliphatic rings. The van der Waals surface area contributed by atoms with Crippen molar-refractivity contribution >= 4 is 92.7 Å². The van der Waals surface area contributed by atoms with Crippen LogP contribution in [0.2, 0.25) is 0 Å². The van der Waals surface area contributed by atoms with E-state index in [1.807, 2.05) is 0 Å². The first-order valence-corrected chi connectivity index (χ1v) is 23.6. The Morgan fingerprint density at radius 2 is 0.833 bits per heavy atom. The van der Waals surface area contributed by atoms with E-state index < -0.39 is 0 Å². The average Bonchev–Trinajstić information content (AvgIpc) is 4.15. The summed E-state index contributed by atoms with van der Waals surface area (Å²) in [5, 5.41) is 8.44. The fraction of sp³-hybridized carbons (Fsp3) is 0.0328. The topological polar surface area (TPSA) is 27.7 Å². The lowest BCUT2D eigenvalue weighted by atomic mass is 9.97. The number of allylic oxidation sites excluding steroid dienone is 4. The smallest absolute Gasteiger partial charge is 0.124 e. The molecule has 9 aromatic carbocycles. The minimum Gasteiger partial charge on any atom is -0.310 e. The van der Waals surface area contributed by atoms with Gasteiger partial charge in [-0.05, 0) is 115 Å². The van der Waals surface area contributed by atoms with Gasteiger partial charge in [-0.15, -0.1) is 11.3 Å². The minimum atomic E-state index is 1.01. The van der Waals surface area contributed by atoms with Gasteiger partial charge >= 0.3 is 0 Å². The van der Waals surface area contributed by atoms with Gasteiger partial charge in [0.15, 0.2) is 0 Å². The van der Waals surface area contributed by atoms with Gasteiger partial charge in [-0.3, -0.25) is 0 Å². The lowest BCUT2D eigenvalue weighted by Crippen LogP contribution is -1.96. The number of fused-ring (bicyclic) bond motifs is 10. The predicted molar refractivity (Wildman–Crippen MR) is 280 cm³/mol. The molecule has 4 nitrogen and oxygen atoms in total. The second kappa shape index (κ2) is 14.6. The maximum absolute atomic E-state index is 5.66. The lowest BCUT2D eigenvalue weighted by Gasteiger charge is -2.12. The van der Waals surface area contributed by atoms with Crippen molar-refractivity contribution < 1.29 is 0 Å². The van der Waals surface area contributed by atoms with Crippen molar-refractivity contribution in [2.75, 3.05) is 0 Å². The highest BCUT2D eigenvalue weighted by molar-refractivity contribution is 7.22. The molecule has 0 fully saturated rings. The van der Waals surface area contributed by atoms with Crippen LogP contribution in [0.1, 0.15) is 12.8 Å². The number of hydrogen-bond acceptors (Lipinski definition) is 2. The van der Waals surface area contributed by atoms with E-state index in [2.05, 4.69) is 232 Å². The van der Waals surface area contributed by atoms with Crippen molar-refractivity contribution in [3.8, 4) is 44.2 Å². The monoisotopic (exact) mass is 860 g/mol. The predicted octanol–water partition coefficient (Wildman–Crippen LogP) is 16.8. The van der Waals surface area contributed by atoms with Crippen molar-refractivity contribution in [3.05, 3.63) is 218 Å². The first-order chi connectivity index (χ1) is 32.7. The molecule has 0 saturated carbocycles. The van der Waals surface area contributed by atoms with Crippen LogP contribution >= 0.6 is 11.3 Å². The number of nitrogens with zero attached hydrogens (tertiary/aromatic N) is 4. The van der Waals surface area contributed by atoms with Gasteiger partial charge in [0.05, 0.1) is 43.3 Å². The number of para-hydroxylation sites is 5. The van der Waals surface area contributed by atoms with Gasteiger partial charge in [-0.1, -0.05) is 127 Å². The van der Waals surface area contributed by atoms with Crippen molar-refractivity contribution in [1.82, 2.24) is 18.7 Å². The molecule has 0 radical (unpaired) electrons. The summed E-state index contributed by atoms with van der Waals surface area (Å²) in [7, 11) is 0. The van der Waals surface area contributed by atoms with E-state index in [0.29, 0.717) is 0 Å². The Morgan fingerprint density at radius 3 is 1.39 bits per heavy atom. The highest BCUT2D eigenvalue weighted by Gasteiger charge is 2.21. The second-order valence-corrected chi connectivity index (χ2v) is 18.4. The second-order valence-electron chi connectivity index (χ2n) is 17.4. The fourth-order valence-electron chi connectivity index (χ4n) is 10.7. The standard InChI is InChI=1S/C61H40N4S/c1-4-16-42(17-5-1)63-53-25-13-10-22-47(53)50-36-39(28-33-56(50)63)45-31-32-46(40-29-34-57-51(37-40)48-23-11-14-26-54(48)64(57)43-18-6-2-7-19-43)60-59(45)62-61(66-60)41-30-35-58-52(38-41)49-24-12-15-27-55(49)65(58)44-20-8-3-9-21-44/h2-4,6-38H,1,5H2. The van der Waals surface area contributed by atoms with Gasteiger partial charge in [0.25, 0.3) is 0 Å². The lowest BCUT2D eigenvalue weighted by molar-refractivity contribution is 1.02. The van der Waals surface area contributed by atoms with Gasteiger partial charge in [-0.25, -0.2) is 4.98 Å². The van der Waals surface area contributed by atoms with E-state index in [0.717, 1.165) is 51.4 Å². The van der Waals surface area contributed by atoms with Gasteiger partial charge in [0.2, 0.25) is 0 Å². The number of aromatic nitrogens is 4. The van der Waals surface area contributed by atoms with Crippen LogP contribution in [0.4, 0.5) is 0 Å². The summed E-state index contributed by atoms with van der Waals surface area (Å²) in [4.78, 5) is 5.66. The molecule has 0 N–H and O–H groups in total. The molecule has 5 heteroatoms. The molecule has 4 heterocycles. The van der Waals surface area contributed by atoms with E-state index in [-0.39, 0.29) is 0 Å². The molecule has 14 rings (SSSR count). The third-order valence-corrected chi connectivity index (χ3v) is 14.8. The quantitative estimate of drug-likeness (QED) is 0.164. The fourth-order valence-corrected chi connectivity index (χ4v) is 11.9. The molecule has 0 unspecified atom stereocenters. The van der Waals surface area contributed by atoms with Crippen molar-refractivity contribution in [1.29, 1.82) is 0 Å². The zero-order chi connectivity index (χ0) is 43.3. The zero-order valence-electron chi connectivity index (χ0n) is 35.9. The number of benzene rings is 9. The summed E-state index contributed by atoms with van der Waals surface area (Å²) < 4.78 is 8.37. The Hall–Kier alpha value is -8.25. The Bertz CT molecular complexity index is 4160. The number of rotatable bonds is 6. The van der Waals surface area contributed by atoms with Crippen LogP contribution in [0, 0.1) is 0 Å². The van der Waals surface area contributed by atoms with Gasteiger partial charge < -0.3 is 13.7 Å². The van der Waals surface area contributed by atoms with Crippen LogP contribution in [0.25, 0.3) is 126 Å². The number of thiazole rings is 1. The molecule has 0 saturated heterocycles. The Morgan fingerprint density at radius 1 is 0.379 bits per heavy atom. The van der Waals surface area contributed by atoms with Crippen LogP contribution in [0.5, 0.6) is 0 Å². The third kappa shape index (κ3) is 5.60. The summed E-state index contributed by atoms with van der Waals surface area (Å²) in [5.41, 5.74) is 17.6. The number of hydrogen-bond donors (Lipinski definition) is 0. The van der Waals surface area contributed by atoms with Crippen molar-refractivity contribution in [2.24, 2.45) is 0 Å². The van der Waals surface area contributed by atoms with Crippen LogP contribution < -0.4 is 0 Å². The van der Waals surface area contributed by atoms with E-state index in [1.54, 1.807) is 11.3 Å². The van der Waals surface area contributed by atoms with E-state index >= 15 is 0 Å². The minimum absolute atomic E-state index is 1.01. The van der Waals surface area contributed by atoms with Crippen molar-refractivity contribution in [3.63, 3.8) is 0 Å². The van der Waals surface area contributed by atoms with Crippen molar-refractivity contribution in [2.45, 2.75) is 12.8 Å². The van der Waals surface area contributed by atoms with Gasteiger partial charge in [-0.2, -0.15) is 0 Å². The molecule has 0 bridgehead atoms. The molecule has 0 amide bonds. The third-order valence-electron chi connectivity index (χ3n) is 13.7. The summed E-state index contributed by atoms with van der Waals surface area (Å²) in [6, 6.07) is 73.3. The molecule has 4 aromatic heterocycles. The highest BCUT2D eigenvalue weighted by atomic mass is 32.1. The van der Waals surface area contributed by atoms with Crippen LogP contribution in [-0.4, -0.2) is 18.7 Å². The summed E-state index contributed by atoms with van der Waals surface area (Å²) in [6.07, 6.45) is 9.07. The van der Waals surface area contributed by atoms with Gasteiger partial charge in [0, 0.05) is 66.1 Å². The Kier molecular flexibility index (Phi) is 8.24. The first-order valence-electron chi connectivity index (χ1n) is 22.8. The maximum atomic E-state index is 5.66. The Labute approximate surface area is 384 Å². The molecule has 310 valence electrons. The highest BCUT2D eigenvalue weighted by Crippen LogP contribution is 2.45. The van der Waals surface area contributed by atoms with Crippen LogP contribution in [-0.2, 0) is 0 Å². The van der Waals surface area contributed by atoms with E-state index in [1.165, 1.54) is 86.9 Å². The van der Waals surface area contributed by atoms with Gasteiger partial charge in [0.1, 0.15) is 5.01 Å². The summed E-state index contributed by atoms with van der Waals surface area (Å²) in [6.45, 7) is 0.